The molecule has 1 aromatic carbocycles. The number of hydrogen-bond donors (Lipinski definition) is 2. The van der Waals surface area contributed by atoms with Gasteiger partial charge in [0.2, 0.25) is 5.91 Å². The standard InChI is InChI=1S/C42H50FN11O5S/c1-8-9-10-18-42(51-52-42)19-15-33(55)45-24-27-13-14-31-29(23-27)49-32(54(31)39(57)59-41(5,6)7)16-21-53(38(56)58-40(2,3)4)22-17-34-50-35-36(47-26-48-37(35)60-34)46-25-30-28(43)12-11-20-44-30/h11-14,20,23,26H,10,15-19,21-22,24-25H2,1-7H3,(H,45,55)(H,46,47,48). The molecule has 0 saturated carbocycles. The van der Waals surface area contributed by atoms with Crippen LogP contribution in [-0.4, -0.2) is 82.4 Å². The van der Waals surface area contributed by atoms with E-state index in [1.54, 1.807) is 59.4 Å². The number of nitrogens with one attached hydrogen (secondary N) is 2. The Morgan fingerprint density at radius 3 is 2.43 bits per heavy atom. The smallest absolute Gasteiger partial charge is 0.420 e. The second-order valence-corrected chi connectivity index (χ2v) is 17.4. The Balaban J connectivity index is 1.17. The summed E-state index contributed by atoms with van der Waals surface area (Å²) in [6.45, 7) is 13.3. The molecule has 5 heterocycles. The summed E-state index contributed by atoms with van der Waals surface area (Å²) in [5.74, 6) is 6.17. The lowest BCUT2D eigenvalue weighted by molar-refractivity contribution is -0.121. The van der Waals surface area contributed by atoms with Crippen LogP contribution >= 0.6 is 11.3 Å². The molecule has 60 heavy (non-hydrogen) atoms. The minimum atomic E-state index is -0.785. The molecular weight excluding hydrogens is 790 g/mol. The molecule has 0 aliphatic carbocycles. The molecule has 16 nitrogen and oxygen atoms in total. The van der Waals surface area contributed by atoms with Crippen LogP contribution in [0.3, 0.4) is 0 Å². The zero-order valence-corrected chi connectivity index (χ0v) is 35.8. The molecule has 0 bridgehead atoms. The number of benzene rings is 1. The van der Waals surface area contributed by atoms with E-state index >= 15 is 0 Å². The van der Waals surface area contributed by atoms with Gasteiger partial charge >= 0.3 is 12.2 Å². The fourth-order valence-electron chi connectivity index (χ4n) is 6.19. The molecule has 0 radical (unpaired) electrons. The molecule has 1 aliphatic heterocycles. The number of halogens is 1. The van der Waals surface area contributed by atoms with E-state index in [4.69, 9.17) is 19.4 Å². The lowest BCUT2D eigenvalue weighted by Crippen LogP contribution is -2.39. The van der Waals surface area contributed by atoms with E-state index in [-0.39, 0.29) is 50.6 Å². The Morgan fingerprint density at radius 1 is 0.950 bits per heavy atom. The van der Waals surface area contributed by atoms with E-state index in [0.29, 0.717) is 63.7 Å². The molecule has 5 aromatic rings. The summed E-state index contributed by atoms with van der Waals surface area (Å²) in [5, 5.41) is 15.1. The third-order valence-electron chi connectivity index (χ3n) is 9.17. The van der Waals surface area contributed by atoms with Gasteiger partial charge in [0.05, 0.1) is 28.3 Å². The first kappa shape index (κ1) is 43.5. The number of hydrogen-bond acceptors (Lipinski definition) is 14. The van der Waals surface area contributed by atoms with E-state index in [1.807, 2.05) is 12.1 Å². The molecular formula is C42H50FN11O5S. The molecule has 2 N–H and O–H groups in total. The van der Waals surface area contributed by atoms with Gasteiger partial charge in [-0.2, -0.15) is 10.2 Å². The SMILES string of the molecule is CC#CCCC1(CCC(=O)NCc2ccc3c(c2)nc(CCN(CCc2nc4c(NCc5ncccc5F)ncnc4s2)C(=O)OC(C)(C)C)n3C(=O)OC(C)(C)C)N=N1. The van der Waals surface area contributed by atoms with Gasteiger partial charge in [-0.05, 0) is 78.3 Å². The van der Waals surface area contributed by atoms with Crippen molar-refractivity contribution < 1.29 is 28.2 Å². The third-order valence-corrected chi connectivity index (χ3v) is 10.2. The Kier molecular flexibility index (Phi) is 13.4. The number of nitrogens with zero attached hydrogens (tertiary/aromatic N) is 9. The monoisotopic (exact) mass is 839 g/mol. The van der Waals surface area contributed by atoms with Gasteiger partial charge in [0, 0.05) is 64.4 Å². The molecule has 2 amide bonds. The molecule has 0 spiro atoms. The first-order valence-corrected chi connectivity index (χ1v) is 20.6. The summed E-state index contributed by atoms with van der Waals surface area (Å²) in [4.78, 5) is 64.7. The molecule has 0 atom stereocenters. The van der Waals surface area contributed by atoms with Crippen LogP contribution in [0.1, 0.15) is 96.2 Å². The number of carbonyl (C=O) groups is 3. The molecule has 1 aliphatic rings. The van der Waals surface area contributed by atoms with E-state index < -0.39 is 34.9 Å². The molecule has 0 saturated heterocycles. The van der Waals surface area contributed by atoms with Crippen molar-refractivity contribution in [3.8, 4) is 11.8 Å². The highest BCUT2D eigenvalue weighted by Gasteiger charge is 2.39. The van der Waals surface area contributed by atoms with Gasteiger partial charge < -0.3 is 25.0 Å². The van der Waals surface area contributed by atoms with Crippen molar-refractivity contribution >= 4 is 56.6 Å². The van der Waals surface area contributed by atoms with Gasteiger partial charge in [-0.15, -0.1) is 11.8 Å². The molecule has 18 heteroatoms. The maximum absolute atomic E-state index is 14.2. The summed E-state index contributed by atoms with van der Waals surface area (Å²) in [6.07, 6.45) is 4.53. The average Bonchev–Trinajstić information content (AvgIpc) is 3.66. The number of thiazole rings is 1. The van der Waals surface area contributed by atoms with Crippen molar-refractivity contribution in [2.24, 2.45) is 10.2 Å². The lowest BCUT2D eigenvalue weighted by atomic mass is 10.0. The molecule has 0 fully saturated rings. The fraction of sp³-hybridized carbons (Fsp3) is 0.476. The highest BCUT2D eigenvalue weighted by molar-refractivity contribution is 7.18. The zero-order valence-electron chi connectivity index (χ0n) is 35.0. The number of anilines is 1. The zero-order chi connectivity index (χ0) is 43.1. The largest absolute Gasteiger partial charge is 0.444 e. The van der Waals surface area contributed by atoms with Gasteiger partial charge in [0.1, 0.15) is 39.5 Å². The van der Waals surface area contributed by atoms with Gasteiger partial charge in [0.15, 0.2) is 11.5 Å². The summed E-state index contributed by atoms with van der Waals surface area (Å²) >= 11 is 1.36. The van der Waals surface area contributed by atoms with E-state index in [0.717, 1.165) is 5.56 Å². The predicted octanol–water partition coefficient (Wildman–Crippen LogP) is 7.75. The van der Waals surface area contributed by atoms with Crippen LogP contribution in [0.5, 0.6) is 0 Å². The highest BCUT2D eigenvalue weighted by Crippen LogP contribution is 2.37. The number of imidazole rings is 1. The normalized spacial score (nSPS) is 13.1. The van der Waals surface area contributed by atoms with E-state index in [1.165, 1.54) is 40.6 Å². The Morgan fingerprint density at radius 2 is 1.72 bits per heavy atom. The van der Waals surface area contributed by atoms with Crippen LogP contribution in [0.15, 0.2) is 53.1 Å². The lowest BCUT2D eigenvalue weighted by Gasteiger charge is -2.27. The highest BCUT2D eigenvalue weighted by atomic mass is 32.1. The number of pyridine rings is 1. The fourth-order valence-corrected chi connectivity index (χ4v) is 7.08. The predicted molar refractivity (Wildman–Crippen MR) is 225 cm³/mol. The summed E-state index contributed by atoms with van der Waals surface area (Å²) in [6, 6.07) is 8.31. The third kappa shape index (κ3) is 11.8. The summed E-state index contributed by atoms with van der Waals surface area (Å²) in [7, 11) is 0. The minimum absolute atomic E-state index is 0.106. The van der Waals surface area contributed by atoms with Crippen molar-refractivity contribution in [3.05, 3.63) is 70.8 Å². The maximum atomic E-state index is 14.2. The summed E-state index contributed by atoms with van der Waals surface area (Å²) in [5.41, 5.74) is 0.568. The Hall–Kier alpha value is -6.09. The van der Waals surface area contributed by atoms with Crippen molar-refractivity contribution in [2.45, 2.75) is 117 Å². The van der Waals surface area contributed by atoms with E-state index in [9.17, 15) is 18.8 Å². The van der Waals surface area contributed by atoms with Crippen LogP contribution in [0.2, 0.25) is 0 Å². The van der Waals surface area contributed by atoms with Crippen molar-refractivity contribution in [1.29, 1.82) is 0 Å². The number of amides is 2. The van der Waals surface area contributed by atoms with Crippen LogP contribution < -0.4 is 10.6 Å². The second kappa shape index (κ2) is 18.4. The van der Waals surface area contributed by atoms with Crippen LogP contribution in [0, 0.1) is 17.7 Å². The van der Waals surface area contributed by atoms with Crippen molar-refractivity contribution in [1.82, 2.24) is 39.7 Å². The number of rotatable bonds is 16. The van der Waals surface area contributed by atoms with Gasteiger partial charge in [-0.25, -0.2) is 38.5 Å². The number of carbonyl (C=O) groups excluding carboxylic acids is 3. The molecule has 4 aromatic heterocycles. The summed E-state index contributed by atoms with van der Waals surface area (Å²) < 4.78 is 27.2. The number of fused-ring (bicyclic) bond motifs is 2. The molecule has 0 unspecified atom stereocenters. The first-order valence-electron chi connectivity index (χ1n) is 19.8. The average molecular weight is 840 g/mol. The van der Waals surface area contributed by atoms with Gasteiger partial charge in [0.25, 0.3) is 0 Å². The molecule has 316 valence electrons. The van der Waals surface area contributed by atoms with E-state index in [2.05, 4.69) is 47.7 Å². The Bertz CT molecular complexity index is 2450. The quantitative estimate of drug-likeness (QED) is 0.0924. The van der Waals surface area contributed by atoms with Gasteiger partial charge in [-0.3, -0.25) is 9.78 Å². The van der Waals surface area contributed by atoms with Crippen molar-refractivity contribution in [2.75, 3.05) is 18.4 Å². The molecule has 6 rings (SSSR count). The van der Waals surface area contributed by atoms with Gasteiger partial charge in [-0.1, -0.05) is 17.4 Å². The van der Waals surface area contributed by atoms with Crippen LogP contribution in [-0.2, 0) is 40.2 Å². The maximum Gasteiger partial charge on any atom is 0.420 e. The number of ether oxygens (including phenoxy) is 2. The van der Waals surface area contributed by atoms with Crippen molar-refractivity contribution in [3.63, 3.8) is 0 Å². The number of aromatic nitrogens is 6. The topological polar surface area (TPSA) is 191 Å². The second-order valence-electron chi connectivity index (χ2n) is 16.3. The minimum Gasteiger partial charge on any atom is -0.444 e. The first-order chi connectivity index (χ1) is 28.5. The van der Waals surface area contributed by atoms with Crippen LogP contribution in [0.4, 0.5) is 19.8 Å². The van der Waals surface area contributed by atoms with Crippen LogP contribution in [0.25, 0.3) is 21.4 Å². The Labute approximate surface area is 351 Å².